The monoisotopic (exact) mass is 304 g/mol. The van der Waals surface area contributed by atoms with Crippen LogP contribution in [0.3, 0.4) is 0 Å². The third kappa shape index (κ3) is 4.36. The summed E-state index contributed by atoms with van der Waals surface area (Å²) in [6.07, 6.45) is 3.25. The van der Waals surface area contributed by atoms with Crippen molar-refractivity contribution in [2.24, 2.45) is 27.2 Å². The predicted octanol–water partition coefficient (Wildman–Crippen LogP) is 1.75. The molecule has 0 unspecified atom stereocenters. The number of pyridine rings is 1. The van der Waals surface area contributed by atoms with E-state index < -0.39 is 0 Å². The Hall–Kier alpha value is -2.80. The molecule has 0 saturated heterocycles. The number of guanidine groups is 2. The zero-order valence-electron chi connectivity index (χ0n) is 10.9. The number of benzene rings is 1. The molecule has 0 spiro atoms. The van der Waals surface area contributed by atoms with Crippen LogP contribution in [0.1, 0.15) is 0 Å². The van der Waals surface area contributed by atoms with E-state index in [2.05, 4.69) is 15.0 Å². The molecule has 1 aromatic heterocycles. The van der Waals surface area contributed by atoms with Crippen molar-refractivity contribution in [1.29, 1.82) is 0 Å². The van der Waals surface area contributed by atoms with Gasteiger partial charge in [0.1, 0.15) is 11.5 Å². The summed E-state index contributed by atoms with van der Waals surface area (Å²) in [5.41, 5.74) is 16.4. The number of nitrogens with zero attached hydrogens (tertiary/aromatic N) is 3. The van der Waals surface area contributed by atoms with E-state index in [9.17, 15) is 0 Å². The molecule has 0 radical (unpaired) electrons. The second-order valence-electron chi connectivity index (χ2n) is 3.91. The number of aliphatic imine (C=N–C) groups is 2. The van der Waals surface area contributed by atoms with Gasteiger partial charge in [0.15, 0.2) is 5.96 Å². The molecule has 108 valence electrons. The Labute approximate surface area is 126 Å². The van der Waals surface area contributed by atoms with Crippen LogP contribution in [0.25, 0.3) is 0 Å². The van der Waals surface area contributed by atoms with Crippen LogP contribution in [0, 0.1) is 0 Å². The molecule has 0 fully saturated rings. The summed E-state index contributed by atoms with van der Waals surface area (Å²) in [6, 6.07) is 8.50. The van der Waals surface area contributed by atoms with Gasteiger partial charge in [-0.3, -0.25) is 4.98 Å². The van der Waals surface area contributed by atoms with Crippen molar-refractivity contribution in [2.45, 2.75) is 0 Å². The minimum absolute atomic E-state index is 0.0853. The van der Waals surface area contributed by atoms with Crippen molar-refractivity contribution < 1.29 is 4.74 Å². The van der Waals surface area contributed by atoms with Crippen LogP contribution in [0.15, 0.2) is 52.7 Å². The zero-order valence-corrected chi connectivity index (χ0v) is 11.7. The standard InChI is InChI=1S/C13H13ClN6O/c14-10-6-8(21-9-2-1-5-18-7-9)3-4-11(10)19-13(17)20-12(15)16/h1-7H,(H6,15,16,17,19,20). The molecule has 0 aliphatic rings. The highest BCUT2D eigenvalue weighted by atomic mass is 35.5. The van der Waals surface area contributed by atoms with Crippen LogP contribution in [0.2, 0.25) is 5.02 Å². The van der Waals surface area contributed by atoms with Crippen LogP contribution in [0.5, 0.6) is 11.5 Å². The summed E-state index contributed by atoms with van der Waals surface area (Å²) in [6.45, 7) is 0. The van der Waals surface area contributed by atoms with Gasteiger partial charge in [0.25, 0.3) is 0 Å². The van der Waals surface area contributed by atoms with Crippen molar-refractivity contribution in [3.05, 3.63) is 47.7 Å². The Bertz CT molecular complexity index is 682. The lowest BCUT2D eigenvalue weighted by atomic mass is 10.3. The minimum Gasteiger partial charge on any atom is -0.456 e. The average molecular weight is 305 g/mol. The van der Waals surface area contributed by atoms with Crippen molar-refractivity contribution in [2.75, 3.05) is 0 Å². The average Bonchev–Trinajstić information content (AvgIpc) is 2.42. The zero-order chi connectivity index (χ0) is 15.2. The second kappa shape index (κ2) is 6.58. The minimum atomic E-state index is -0.177. The van der Waals surface area contributed by atoms with Crippen LogP contribution in [-0.2, 0) is 0 Å². The van der Waals surface area contributed by atoms with Crippen LogP contribution in [-0.4, -0.2) is 16.9 Å². The van der Waals surface area contributed by atoms with E-state index >= 15 is 0 Å². The number of rotatable bonds is 3. The molecule has 2 rings (SSSR count). The molecule has 21 heavy (non-hydrogen) atoms. The summed E-state index contributed by atoms with van der Waals surface area (Å²) in [7, 11) is 0. The van der Waals surface area contributed by atoms with Gasteiger partial charge in [-0.2, -0.15) is 4.99 Å². The van der Waals surface area contributed by atoms with E-state index in [4.69, 9.17) is 33.5 Å². The van der Waals surface area contributed by atoms with Gasteiger partial charge in [-0.05, 0) is 24.3 Å². The smallest absolute Gasteiger partial charge is 0.223 e. The molecular weight excluding hydrogens is 292 g/mol. The fourth-order valence-electron chi connectivity index (χ4n) is 1.47. The molecule has 0 saturated carbocycles. The second-order valence-corrected chi connectivity index (χ2v) is 4.32. The fraction of sp³-hybridized carbons (Fsp3) is 0. The molecule has 0 aliphatic heterocycles. The fourth-order valence-corrected chi connectivity index (χ4v) is 1.68. The highest BCUT2D eigenvalue weighted by Crippen LogP contribution is 2.31. The van der Waals surface area contributed by atoms with Crippen molar-refractivity contribution in [3.8, 4) is 11.5 Å². The van der Waals surface area contributed by atoms with Crippen molar-refractivity contribution in [1.82, 2.24) is 4.98 Å². The lowest BCUT2D eigenvalue weighted by molar-refractivity contribution is 0.480. The van der Waals surface area contributed by atoms with Crippen LogP contribution in [0.4, 0.5) is 5.69 Å². The first-order valence-corrected chi connectivity index (χ1v) is 6.23. The molecule has 0 bridgehead atoms. The van der Waals surface area contributed by atoms with Gasteiger partial charge in [0.05, 0.1) is 16.9 Å². The Morgan fingerprint density at radius 2 is 1.95 bits per heavy atom. The number of hydrogen-bond acceptors (Lipinski definition) is 3. The predicted molar refractivity (Wildman–Crippen MR) is 82.9 cm³/mol. The Balaban J connectivity index is 2.20. The molecule has 0 atom stereocenters. The highest BCUT2D eigenvalue weighted by molar-refractivity contribution is 6.33. The summed E-state index contributed by atoms with van der Waals surface area (Å²) in [5.74, 6) is 0.888. The van der Waals surface area contributed by atoms with Crippen molar-refractivity contribution in [3.63, 3.8) is 0 Å². The molecule has 6 N–H and O–H groups in total. The molecular formula is C13H13ClN6O. The van der Waals surface area contributed by atoms with Gasteiger partial charge >= 0.3 is 0 Å². The summed E-state index contributed by atoms with van der Waals surface area (Å²) in [5, 5.41) is 0.352. The number of ether oxygens (including phenoxy) is 1. The van der Waals surface area contributed by atoms with Crippen LogP contribution >= 0.6 is 11.6 Å². The molecule has 2 aromatic rings. The maximum Gasteiger partial charge on any atom is 0.223 e. The topological polar surface area (TPSA) is 125 Å². The first-order valence-electron chi connectivity index (χ1n) is 5.86. The maximum atomic E-state index is 6.11. The van der Waals surface area contributed by atoms with E-state index in [0.29, 0.717) is 22.2 Å². The van der Waals surface area contributed by atoms with Crippen LogP contribution < -0.4 is 21.9 Å². The quantitative estimate of drug-likeness (QED) is 0.588. The number of nitrogens with two attached hydrogens (primary N) is 3. The van der Waals surface area contributed by atoms with E-state index in [0.717, 1.165) is 0 Å². The van der Waals surface area contributed by atoms with Crippen molar-refractivity contribution >= 4 is 29.2 Å². The maximum absolute atomic E-state index is 6.11. The summed E-state index contributed by atoms with van der Waals surface area (Å²) in [4.78, 5) is 11.6. The van der Waals surface area contributed by atoms with Gasteiger partial charge < -0.3 is 21.9 Å². The van der Waals surface area contributed by atoms with Gasteiger partial charge in [0.2, 0.25) is 5.96 Å². The third-order valence-electron chi connectivity index (χ3n) is 2.27. The number of hydrogen-bond donors (Lipinski definition) is 3. The molecule has 8 heteroatoms. The van der Waals surface area contributed by atoms with Gasteiger partial charge in [0, 0.05) is 12.3 Å². The molecule has 0 aliphatic carbocycles. The largest absolute Gasteiger partial charge is 0.456 e. The van der Waals surface area contributed by atoms with Gasteiger partial charge in [-0.15, -0.1) is 0 Å². The molecule has 1 heterocycles. The molecule has 0 amide bonds. The van der Waals surface area contributed by atoms with E-state index in [1.165, 1.54) is 0 Å². The lowest BCUT2D eigenvalue weighted by Gasteiger charge is -2.06. The third-order valence-corrected chi connectivity index (χ3v) is 2.57. The summed E-state index contributed by atoms with van der Waals surface area (Å²) >= 11 is 6.11. The first kappa shape index (κ1) is 14.6. The Morgan fingerprint density at radius 3 is 2.57 bits per heavy atom. The molecule has 7 nitrogen and oxygen atoms in total. The first-order chi connectivity index (χ1) is 10.0. The SMILES string of the molecule is NC(N)=NC(N)=Nc1ccc(Oc2cccnc2)cc1Cl. The molecule has 1 aromatic carbocycles. The normalized spacial score (nSPS) is 11.0. The van der Waals surface area contributed by atoms with E-state index in [-0.39, 0.29) is 11.9 Å². The summed E-state index contributed by atoms with van der Waals surface area (Å²) < 4.78 is 5.59. The number of halogens is 1. The Kier molecular flexibility index (Phi) is 4.57. The van der Waals surface area contributed by atoms with E-state index in [1.54, 1.807) is 42.7 Å². The van der Waals surface area contributed by atoms with Gasteiger partial charge in [-0.25, -0.2) is 4.99 Å². The van der Waals surface area contributed by atoms with E-state index in [1.807, 2.05) is 0 Å². The highest BCUT2D eigenvalue weighted by Gasteiger charge is 2.04. The number of aromatic nitrogens is 1. The Morgan fingerprint density at radius 1 is 1.14 bits per heavy atom. The van der Waals surface area contributed by atoms with Gasteiger partial charge in [-0.1, -0.05) is 11.6 Å². The lowest BCUT2D eigenvalue weighted by Crippen LogP contribution is -2.26.